The third-order valence-corrected chi connectivity index (χ3v) is 1.52. The smallest absolute Gasteiger partial charge is 0.240 e. The highest BCUT2D eigenvalue weighted by Gasteiger charge is 2.06. The molecule has 0 aliphatic heterocycles. The lowest BCUT2D eigenvalue weighted by Gasteiger charge is -2.03. The first kappa shape index (κ1) is 9.86. The second-order valence-electron chi connectivity index (χ2n) is 2.23. The van der Waals surface area contributed by atoms with Crippen molar-refractivity contribution < 1.29 is 14.3 Å². The quantitative estimate of drug-likeness (QED) is 0.537. The van der Waals surface area contributed by atoms with Gasteiger partial charge in [0.15, 0.2) is 0 Å². The minimum absolute atomic E-state index is 0.174. The van der Waals surface area contributed by atoms with Crippen LogP contribution in [-0.2, 0) is 9.59 Å². The molecule has 0 saturated carbocycles. The first-order valence-corrected chi connectivity index (χ1v) is 3.66. The Bertz CT molecular complexity index is 430. The molecule has 0 amide bonds. The monoisotopic (exact) mass is 190 g/mol. The van der Waals surface area contributed by atoms with Crippen molar-refractivity contribution in [3.05, 3.63) is 18.2 Å². The van der Waals surface area contributed by atoms with E-state index < -0.39 is 0 Å². The van der Waals surface area contributed by atoms with Gasteiger partial charge in [-0.05, 0) is 12.1 Å². The Hall–Kier alpha value is -2.22. The molecule has 1 aromatic rings. The predicted octanol–water partition coefficient (Wildman–Crippen LogP) is 1.63. The largest absolute Gasteiger partial charge is 0.494 e. The highest BCUT2D eigenvalue weighted by molar-refractivity contribution is 5.74. The Morgan fingerprint density at radius 1 is 1.21 bits per heavy atom. The van der Waals surface area contributed by atoms with Crippen LogP contribution in [0.5, 0.6) is 5.75 Å². The van der Waals surface area contributed by atoms with E-state index in [1.165, 1.54) is 25.3 Å². The van der Waals surface area contributed by atoms with Crippen molar-refractivity contribution in [1.29, 1.82) is 0 Å². The lowest BCUT2D eigenvalue weighted by atomic mass is 10.2. The average molecular weight is 190 g/mol. The number of methoxy groups -OCH3 is 1. The van der Waals surface area contributed by atoms with Crippen LogP contribution in [0.3, 0.4) is 0 Å². The molecule has 5 nitrogen and oxygen atoms in total. The van der Waals surface area contributed by atoms with Crippen molar-refractivity contribution in [1.82, 2.24) is 0 Å². The fourth-order valence-corrected chi connectivity index (χ4v) is 0.973. The van der Waals surface area contributed by atoms with Crippen molar-refractivity contribution in [2.45, 2.75) is 0 Å². The van der Waals surface area contributed by atoms with Crippen LogP contribution < -0.4 is 4.74 Å². The summed E-state index contributed by atoms with van der Waals surface area (Å²) in [6.07, 6.45) is 2.73. The summed E-state index contributed by atoms with van der Waals surface area (Å²) in [4.78, 5) is 26.9. The molecule has 0 bridgehead atoms. The maximum Gasteiger partial charge on any atom is 0.240 e. The fourth-order valence-electron chi connectivity index (χ4n) is 0.973. The zero-order valence-electron chi connectivity index (χ0n) is 7.35. The van der Waals surface area contributed by atoms with Crippen LogP contribution in [0.1, 0.15) is 0 Å². The first-order chi connectivity index (χ1) is 6.83. The molecule has 0 fully saturated rings. The molecular formula is C9H6N2O3. The number of carbonyl (C=O) groups excluding carboxylic acids is 2. The molecule has 0 unspecified atom stereocenters. The second-order valence-corrected chi connectivity index (χ2v) is 2.23. The van der Waals surface area contributed by atoms with Gasteiger partial charge in [-0.25, -0.2) is 9.59 Å². The molecule has 5 heteroatoms. The topological polar surface area (TPSA) is 68.1 Å². The third-order valence-electron chi connectivity index (χ3n) is 1.52. The number of rotatable bonds is 3. The van der Waals surface area contributed by atoms with E-state index >= 15 is 0 Å². The number of para-hydroxylation sites is 1. The van der Waals surface area contributed by atoms with E-state index in [1.807, 2.05) is 0 Å². The van der Waals surface area contributed by atoms with Gasteiger partial charge in [0.05, 0.1) is 7.11 Å². The summed E-state index contributed by atoms with van der Waals surface area (Å²) in [6.45, 7) is 0. The molecule has 0 spiro atoms. The minimum Gasteiger partial charge on any atom is -0.494 e. The van der Waals surface area contributed by atoms with Gasteiger partial charge in [0.2, 0.25) is 12.2 Å². The van der Waals surface area contributed by atoms with Gasteiger partial charge >= 0.3 is 0 Å². The summed E-state index contributed by atoms with van der Waals surface area (Å²) < 4.78 is 4.92. The van der Waals surface area contributed by atoms with Crippen LogP contribution in [0, 0.1) is 0 Å². The van der Waals surface area contributed by atoms with Crippen molar-refractivity contribution >= 4 is 23.5 Å². The minimum atomic E-state index is 0.174. The molecule has 1 rings (SSSR count). The van der Waals surface area contributed by atoms with E-state index in [4.69, 9.17) is 4.74 Å². The van der Waals surface area contributed by atoms with Crippen LogP contribution in [0.4, 0.5) is 11.4 Å². The van der Waals surface area contributed by atoms with E-state index in [1.54, 1.807) is 12.1 Å². The highest BCUT2D eigenvalue weighted by Crippen LogP contribution is 2.36. The summed E-state index contributed by atoms with van der Waals surface area (Å²) >= 11 is 0. The third kappa shape index (κ3) is 1.93. The number of aliphatic imine (C=N–C) groups is 2. The summed E-state index contributed by atoms with van der Waals surface area (Å²) in [6, 6.07) is 4.74. The van der Waals surface area contributed by atoms with Crippen molar-refractivity contribution in [3.63, 3.8) is 0 Å². The number of hydrogen-bond acceptors (Lipinski definition) is 5. The molecule has 0 atom stereocenters. The second kappa shape index (κ2) is 4.72. The first-order valence-electron chi connectivity index (χ1n) is 3.66. The molecular weight excluding hydrogens is 184 g/mol. The number of nitrogens with zero attached hydrogens (tertiary/aromatic N) is 2. The van der Waals surface area contributed by atoms with Gasteiger partial charge in [0.25, 0.3) is 0 Å². The average Bonchev–Trinajstić information content (AvgIpc) is 2.21. The lowest BCUT2D eigenvalue weighted by Crippen LogP contribution is -1.82. The summed E-state index contributed by atoms with van der Waals surface area (Å²) in [5, 5.41) is 0. The molecule has 0 aliphatic rings. The van der Waals surface area contributed by atoms with Crippen LogP contribution in [0.25, 0.3) is 0 Å². The van der Waals surface area contributed by atoms with Gasteiger partial charge < -0.3 is 4.74 Å². The SMILES string of the molecule is COc1cccc(N=C=O)c1N=C=O. The van der Waals surface area contributed by atoms with E-state index in [-0.39, 0.29) is 11.4 Å². The van der Waals surface area contributed by atoms with Gasteiger partial charge in [0.1, 0.15) is 17.1 Å². The Balaban J connectivity index is 3.41. The van der Waals surface area contributed by atoms with Gasteiger partial charge in [-0.2, -0.15) is 9.98 Å². The summed E-state index contributed by atoms with van der Waals surface area (Å²) in [5.74, 6) is 0.352. The number of isocyanates is 2. The van der Waals surface area contributed by atoms with Crippen LogP contribution in [-0.4, -0.2) is 19.3 Å². The lowest BCUT2D eigenvalue weighted by molar-refractivity contribution is 0.416. The standard InChI is InChI=1S/C9H6N2O3/c1-14-8-4-2-3-7(10-5-12)9(8)11-6-13/h2-4H,1H3. The van der Waals surface area contributed by atoms with Crippen molar-refractivity contribution in [3.8, 4) is 5.75 Å². The Morgan fingerprint density at radius 3 is 2.50 bits per heavy atom. The molecule has 0 heterocycles. The maximum absolute atomic E-state index is 10.1. The molecule has 0 aliphatic carbocycles. The Kier molecular flexibility index (Phi) is 3.33. The van der Waals surface area contributed by atoms with Gasteiger partial charge in [-0.15, -0.1) is 0 Å². The summed E-state index contributed by atoms with van der Waals surface area (Å²) in [5.41, 5.74) is 0.399. The van der Waals surface area contributed by atoms with Crippen LogP contribution >= 0.6 is 0 Å². The van der Waals surface area contributed by atoms with Gasteiger partial charge in [0, 0.05) is 0 Å². The Morgan fingerprint density at radius 2 is 1.93 bits per heavy atom. The van der Waals surface area contributed by atoms with Gasteiger partial charge in [-0.3, -0.25) is 0 Å². The van der Waals surface area contributed by atoms with Crippen LogP contribution in [0.15, 0.2) is 28.2 Å². The van der Waals surface area contributed by atoms with E-state index in [2.05, 4.69) is 9.98 Å². The van der Waals surface area contributed by atoms with Crippen molar-refractivity contribution in [2.75, 3.05) is 7.11 Å². The molecule has 0 radical (unpaired) electrons. The van der Waals surface area contributed by atoms with E-state index in [0.29, 0.717) is 5.75 Å². The highest BCUT2D eigenvalue weighted by atomic mass is 16.5. The molecule has 0 N–H and O–H groups in total. The zero-order chi connectivity index (χ0) is 10.4. The molecule has 0 aromatic heterocycles. The maximum atomic E-state index is 10.1. The number of benzene rings is 1. The fraction of sp³-hybridized carbons (Fsp3) is 0.111. The summed E-state index contributed by atoms with van der Waals surface area (Å²) in [7, 11) is 1.42. The van der Waals surface area contributed by atoms with Crippen molar-refractivity contribution in [2.24, 2.45) is 9.98 Å². The molecule has 14 heavy (non-hydrogen) atoms. The van der Waals surface area contributed by atoms with Crippen LogP contribution in [0.2, 0.25) is 0 Å². The predicted molar refractivity (Wildman–Crippen MR) is 48.6 cm³/mol. The Labute approximate surface area is 79.8 Å². The van der Waals surface area contributed by atoms with Gasteiger partial charge in [-0.1, -0.05) is 6.07 Å². The normalized spacial score (nSPS) is 8.36. The van der Waals surface area contributed by atoms with E-state index in [0.717, 1.165) is 0 Å². The molecule has 0 saturated heterocycles. The van der Waals surface area contributed by atoms with E-state index in [9.17, 15) is 9.59 Å². The molecule has 70 valence electrons. The zero-order valence-corrected chi connectivity index (χ0v) is 7.35. The number of hydrogen-bond donors (Lipinski definition) is 0. The molecule has 1 aromatic carbocycles. The number of ether oxygens (including phenoxy) is 1.